The lowest BCUT2D eigenvalue weighted by atomic mass is 10.1. The number of nitrogens with zero attached hydrogens (tertiary/aromatic N) is 1. The van der Waals surface area contributed by atoms with Gasteiger partial charge in [0.2, 0.25) is 0 Å². The van der Waals surface area contributed by atoms with Gasteiger partial charge in [0.25, 0.3) is 0 Å². The summed E-state index contributed by atoms with van der Waals surface area (Å²) in [5.41, 5.74) is 4.62. The highest BCUT2D eigenvalue weighted by Gasteiger charge is 2.23. The molecule has 0 aliphatic carbocycles. The number of benzene rings is 1. The summed E-state index contributed by atoms with van der Waals surface area (Å²) < 4.78 is 2.57. The molecule has 0 radical (unpaired) electrons. The van der Waals surface area contributed by atoms with E-state index in [-0.39, 0.29) is 12.4 Å². The number of aryl methyl sites for hydroxylation is 1. The fourth-order valence-electron chi connectivity index (χ4n) is 3.01. The van der Waals surface area contributed by atoms with Crippen LogP contribution in [0.5, 0.6) is 0 Å². The van der Waals surface area contributed by atoms with Crippen LogP contribution in [0.15, 0.2) is 23.1 Å². The van der Waals surface area contributed by atoms with Crippen molar-refractivity contribution < 1.29 is 0 Å². The van der Waals surface area contributed by atoms with Gasteiger partial charge in [-0.05, 0) is 11.6 Å². The Morgan fingerprint density at radius 2 is 2.24 bits per heavy atom. The number of aromatic nitrogens is 1. The summed E-state index contributed by atoms with van der Waals surface area (Å²) >= 11 is 2.00. The molecular weight excluding hydrogens is 252 g/mol. The van der Waals surface area contributed by atoms with Crippen molar-refractivity contribution in [2.45, 2.75) is 24.4 Å². The fourth-order valence-corrected chi connectivity index (χ4v) is 4.04. The summed E-state index contributed by atoms with van der Waals surface area (Å²) in [5.74, 6) is 1.22. The van der Waals surface area contributed by atoms with Crippen LogP contribution in [0.2, 0.25) is 0 Å². The van der Waals surface area contributed by atoms with Crippen LogP contribution in [-0.2, 0) is 19.5 Å². The molecular formula is C13H15ClN2S. The van der Waals surface area contributed by atoms with Crippen molar-refractivity contribution in [1.82, 2.24) is 9.88 Å². The quantitative estimate of drug-likeness (QED) is 0.790. The molecule has 0 fully saturated rings. The highest BCUT2D eigenvalue weighted by Crippen LogP contribution is 2.38. The Balaban J connectivity index is 0.000000902. The third kappa shape index (κ3) is 1.53. The summed E-state index contributed by atoms with van der Waals surface area (Å²) in [4.78, 5) is 1.47. The largest absolute Gasteiger partial charge is 0.342 e. The number of rotatable bonds is 0. The predicted molar refractivity (Wildman–Crippen MR) is 75.3 cm³/mol. The summed E-state index contributed by atoms with van der Waals surface area (Å²) in [7, 11) is 0. The lowest BCUT2D eigenvalue weighted by Crippen LogP contribution is -2.25. The molecule has 0 saturated heterocycles. The number of hydrogen-bond donors (Lipinski definition) is 1. The van der Waals surface area contributed by atoms with Crippen molar-refractivity contribution >= 4 is 35.1 Å². The lowest BCUT2D eigenvalue weighted by molar-refractivity contribution is 0.606. The van der Waals surface area contributed by atoms with Crippen LogP contribution in [0.1, 0.15) is 11.3 Å². The minimum absolute atomic E-state index is 0. The van der Waals surface area contributed by atoms with E-state index in [1.807, 2.05) is 11.8 Å². The molecule has 2 aliphatic rings. The van der Waals surface area contributed by atoms with Gasteiger partial charge in [-0.3, -0.25) is 0 Å². The minimum Gasteiger partial charge on any atom is -0.342 e. The molecule has 17 heavy (non-hydrogen) atoms. The Morgan fingerprint density at radius 3 is 3.18 bits per heavy atom. The number of nitrogens with one attached hydrogen (secondary N) is 1. The maximum absolute atomic E-state index is 3.49. The van der Waals surface area contributed by atoms with Gasteiger partial charge in [-0.1, -0.05) is 12.1 Å². The average Bonchev–Trinajstić information content (AvgIpc) is 2.68. The number of halogens is 1. The summed E-state index contributed by atoms with van der Waals surface area (Å²) in [6.07, 6.45) is 1.19. The first-order chi connectivity index (χ1) is 7.95. The summed E-state index contributed by atoms with van der Waals surface area (Å²) in [6.45, 7) is 3.37. The summed E-state index contributed by atoms with van der Waals surface area (Å²) in [6, 6.07) is 6.75. The van der Waals surface area contributed by atoms with Gasteiger partial charge in [0.05, 0.1) is 5.52 Å². The van der Waals surface area contributed by atoms with E-state index in [0.717, 1.165) is 13.1 Å². The number of para-hydroxylation sites is 1. The van der Waals surface area contributed by atoms with E-state index in [2.05, 4.69) is 28.1 Å². The molecule has 0 spiro atoms. The van der Waals surface area contributed by atoms with Gasteiger partial charge in [-0.2, -0.15) is 0 Å². The molecule has 90 valence electrons. The molecule has 1 aromatic heterocycles. The summed E-state index contributed by atoms with van der Waals surface area (Å²) in [5, 5.41) is 4.97. The van der Waals surface area contributed by atoms with Crippen LogP contribution < -0.4 is 5.32 Å². The molecule has 4 heteroatoms. The first kappa shape index (κ1) is 11.5. The van der Waals surface area contributed by atoms with Gasteiger partial charge >= 0.3 is 0 Å². The van der Waals surface area contributed by atoms with Crippen molar-refractivity contribution in [1.29, 1.82) is 0 Å². The van der Waals surface area contributed by atoms with Crippen molar-refractivity contribution in [2.75, 3.05) is 12.3 Å². The van der Waals surface area contributed by atoms with E-state index in [4.69, 9.17) is 0 Å². The molecule has 4 rings (SSSR count). The molecule has 3 heterocycles. The Morgan fingerprint density at radius 1 is 1.29 bits per heavy atom. The second kappa shape index (κ2) is 4.23. The molecule has 2 nitrogen and oxygen atoms in total. The number of hydrogen-bond acceptors (Lipinski definition) is 2. The van der Waals surface area contributed by atoms with E-state index < -0.39 is 0 Å². The molecule has 0 saturated carbocycles. The van der Waals surface area contributed by atoms with Crippen molar-refractivity contribution in [3.05, 3.63) is 29.5 Å². The molecule has 1 aromatic carbocycles. The predicted octanol–water partition coefficient (Wildman–Crippen LogP) is 2.81. The Hall–Kier alpha value is -0.640. The van der Waals surface area contributed by atoms with Crippen LogP contribution in [0.3, 0.4) is 0 Å². The zero-order chi connectivity index (χ0) is 10.5. The average molecular weight is 267 g/mol. The van der Waals surface area contributed by atoms with Crippen molar-refractivity contribution in [2.24, 2.45) is 0 Å². The molecule has 0 bridgehead atoms. The van der Waals surface area contributed by atoms with Crippen molar-refractivity contribution in [3.8, 4) is 0 Å². The smallest absolute Gasteiger partial charge is 0.0624 e. The van der Waals surface area contributed by atoms with Gasteiger partial charge in [0.15, 0.2) is 0 Å². The van der Waals surface area contributed by atoms with E-state index in [9.17, 15) is 0 Å². The van der Waals surface area contributed by atoms with Crippen molar-refractivity contribution in [3.63, 3.8) is 0 Å². The van der Waals surface area contributed by atoms with E-state index in [0.29, 0.717) is 0 Å². The zero-order valence-electron chi connectivity index (χ0n) is 9.53. The first-order valence-corrected chi connectivity index (χ1v) is 6.90. The third-order valence-electron chi connectivity index (χ3n) is 3.68. The molecule has 1 N–H and O–H groups in total. The van der Waals surface area contributed by atoms with Gasteiger partial charge in [-0.15, -0.1) is 24.2 Å². The topological polar surface area (TPSA) is 17.0 Å². The third-order valence-corrected chi connectivity index (χ3v) is 4.71. The lowest BCUT2D eigenvalue weighted by Gasteiger charge is -2.19. The second-order valence-corrected chi connectivity index (χ2v) is 5.64. The Kier molecular flexibility index (Phi) is 2.85. The van der Waals surface area contributed by atoms with Crippen LogP contribution >= 0.6 is 24.2 Å². The maximum atomic E-state index is 3.49. The van der Waals surface area contributed by atoms with Crippen LogP contribution in [0.4, 0.5) is 0 Å². The standard InChI is InChI=1S/C13H14N2S.ClH/c1-2-9-10-8-14-5-4-11(10)15-6-7-16-12(3-1)13(9)15;/h1-3,14H,4-8H2;1H. The highest BCUT2D eigenvalue weighted by atomic mass is 35.5. The highest BCUT2D eigenvalue weighted by molar-refractivity contribution is 7.99. The zero-order valence-corrected chi connectivity index (χ0v) is 11.2. The molecule has 2 aliphatic heterocycles. The Labute approximate surface area is 111 Å². The van der Waals surface area contributed by atoms with E-state index in [1.165, 1.54) is 34.5 Å². The number of fused-ring (bicyclic) bond motifs is 3. The van der Waals surface area contributed by atoms with Gasteiger partial charge in [0, 0.05) is 47.8 Å². The Bertz CT molecular complexity index is 576. The van der Waals surface area contributed by atoms with Gasteiger partial charge in [-0.25, -0.2) is 0 Å². The molecule has 2 aromatic rings. The van der Waals surface area contributed by atoms with E-state index in [1.54, 1.807) is 11.3 Å². The maximum Gasteiger partial charge on any atom is 0.0624 e. The van der Waals surface area contributed by atoms with Gasteiger partial charge < -0.3 is 9.88 Å². The van der Waals surface area contributed by atoms with Crippen LogP contribution in [-0.4, -0.2) is 16.9 Å². The second-order valence-electron chi connectivity index (χ2n) is 4.50. The molecule has 0 amide bonds. The monoisotopic (exact) mass is 266 g/mol. The fraction of sp³-hybridized carbons (Fsp3) is 0.385. The molecule has 0 unspecified atom stereocenters. The van der Waals surface area contributed by atoms with Gasteiger partial charge in [0.1, 0.15) is 0 Å². The number of thioether (sulfide) groups is 1. The normalized spacial score (nSPS) is 17.6. The molecule has 0 atom stereocenters. The SMILES string of the molecule is Cl.c1cc2c3c(c1)c1c(n3CCS2)CCNC1. The van der Waals surface area contributed by atoms with Crippen LogP contribution in [0.25, 0.3) is 10.9 Å². The van der Waals surface area contributed by atoms with Crippen LogP contribution in [0, 0.1) is 0 Å². The first-order valence-electron chi connectivity index (χ1n) is 5.91. The van der Waals surface area contributed by atoms with E-state index >= 15 is 0 Å². The minimum atomic E-state index is 0.